The largest absolute Gasteiger partial charge is 0.389 e. The van der Waals surface area contributed by atoms with E-state index in [2.05, 4.69) is 12.2 Å². The quantitative estimate of drug-likeness (QED) is 0.651. The lowest BCUT2D eigenvalue weighted by Crippen LogP contribution is -2.25. The molecule has 90 valence electrons. The summed E-state index contributed by atoms with van der Waals surface area (Å²) in [6.07, 6.45) is 0.401. The topological polar surface area (TPSA) is 12.0 Å². The van der Waals surface area contributed by atoms with Crippen LogP contribution < -0.4 is 5.32 Å². The summed E-state index contributed by atoms with van der Waals surface area (Å²) in [5.41, 5.74) is 0.437. The number of nitrogens with one attached hydrogen (secondary N) is 1. The normalized spacial score (nSPS) is 19.2. The van der Waals surface area contributed by atoms with E-state index in [1.54, 1.807) is 0 Å². The van der Waals surface area contributed by atoms with Gasteiger partial charge in [0.05, 0.1) is 0 Å². The number of alkyl halides is 3. The minimum atomic E-state index is -4.00. The Morgan fingerprint density at radius 1 is 1.27 bits per heavy atom. The highest BCUT2D eigenvalue weighted by Crippen LogP contribution is 2.48. The molecule has 0 unspecified atom stereocenters. The first-order valence-corrected chi connectivity index (χ1v) is 5.75. The van der Waals surface area contributed by atoms with E-state index in [1.165, 1.54) is 25.7 Å². The van der Waals surface area contributed by atoms with Gasteiger partial charge in [0.2, 0.25) is 0 Å². The maximum absolute atomic E-state index is 11.8. The third-order valence-corrected chi connectivity index (χ3v) is 3.05. The standard InChI is InChI=1S/C11H20F3N/c1-2-4-10(6-7-10)9-15-8-3-5-11(12,13)14/h15H,2-9H2,1H3. The van der Waals surface area contributed by atoms with E-state index in [0.717, 1.165) is 6.54 Å². The summed E-state index contributed by atoms with van der Waals surface area (Å²) in [6.45, 7) is 3.55. The van der Waals surface area contributed by atoms with Gasteiger partial charge in [-0.15, -0.1) is 0 Å². The Balaban J connectivity index is 1.98. The van der Waals surface area contributed by atoms with Crippen molar-refractivity contribution in [3.8, 4) is 0 Å². The Hall–Kier alpha value is -0.250. The smallest absolute Gasteiger partial charge is 0.316 e. The molecular weight excluding hydrogens is 203 g/mol. The molecule has 4 heteroatoms. The monoisotopic (exact) mass is 223 g/mol. The van der Waals surface area contributed by atoms with Crippen LogP contribution in [0.3, 0.4) is 0 Å². The molecule has 0 spiro atoms. The van der Waals surface area contributed by atoms with Crippen LogP contribution in [0.5, 0.6) is 0 Å². The van der Waals surface area contributed by atoms with Gasteiger partial charge in [0.1, 0.15) is 0 Å². The van der Waals surface area contributed by atoms with Gasteiger partial charge in [0.25, 0.3) is 0 Å². The summed E-state index contributed by atoms with van der Waals surface area (Å²) in [4.78, 5) is 0. The molecule has 1 nitrogen and oxygen atoms in total. The van der Waals surface area contributed by atoms with Crippen LogP contribution in [-0.2, 0) is 0 Å². The van der Waals surface area contributed by atoms with Crippen LogP contribution in [0.1, 0.15) is 45.4 Å². The Bertz CT molecular complexity index is 185. The molecule has 1 aliphatic rings. The Kier molecular flexibility index (Phi) is 4.44. The highest BCUT2D eigenvalue weighted by atomic mass is 19.4. The second kappa shape index (κ2) is 5.19. The molecule has 1 saturated carbocycles. The van der Waals surface area contributed by atoms with E-state index >= 15 is 0 Å². The minimum Gasteiger partial charge on any atom is -0.316 e. The summed E-state index contributed by atoms with van der Waals surface area (Å²) in [5.74, 6) is 0. The fourth-order valence-electron chi connectivity index (χ4n) is 1.99. The average Bonchev–Trinajstić information content (AvgIpc) is 2.83. The molecule has 0 aliphatic heterocycles. The van der Waals surface area contributed by atoms with Crippen LogP contribution in [0.25, 0.3) is 0 Å². The molecule has 15 heavy (non-hydrogen) atoms. The molecule has 1 fully saturated rings. The van der Waals surface area contributed by atoms with Gasteiger partial charge in [-0.25, -0.2) is 0 Å². The van der Waals surface area contributed by atoms with Crippen molar-refractivity contribution in [2.24, 2.45) is 5.41 Å². The molecule has 0 aromatic rings. The molecule has 1 rings (SSSR count). The van der Waals surface area contributed by atoms with E-state index in [1.807, 2.05) is 0 Å². The molecule has 0 saturated heterocycles. The van der Waals surface area contributed by atoms with Gasteiger partial charge in [-0.1, -0.05) is 13.3 Å². The molecule has 0 amide bonds. The third kappa shape index (κ3) is 5.40. The molecule has 0 atom stereocenters. The van der Waals surface area contributed by atoms with Crippen molar-refractivity contribution in [2.75, 3.05) is 13.1 Å². The first-order chi connectivity index (χ1) is 6.97. The predicted molar refractivity (Wildman–Crippen MR) is 54.7 cm³/mol. The van der Waals surface area contributed by atoms with Crippen molar-refractivity contribution in [1.29, 1.82) is 0 Å². The second-order valence-electron chi connectivity index (χ2n) is 4.65. The van der Waals surface area contributed by atoms with Gasteiger partial charge in [0, 0.05) is 13.0 Å². The fraction of sp³-hybridized carbons (Fsp3) is 1.00. The summed E-state index contributed by atoms with van der Waals surface area (Å²) in [6, 6.07) is 0. The molecular formula is C11H20F3N. The van der Waals surface area contributed by atoms with Gasteiger partial charge in [-0.3, -0.25) is 0 Å². The van der Waals surface area contributed by atoms with E-state index in [0.29, 0.717) is 12.0 Å². The maximum atomic E-state index is 11.8. The number of hydrogen-bond acceptors (Lipinski definition) is 1. The van der Waals surface area contributed by atoms with E-state index in [-0.39, 0.29) is 6.42 Å². The molecule has 0 heterocycles. The van der Waals surface area contributed by atoms with Crippen molar-refractivity contribution in [2.45, 2.75) is 51.6 Å². The van der Waals surface area contributed by atoms with Crippen molar-refractivity contribution >= 4 is 0 Å². The minimum absolute atomic E-state index is 0.200. The molecule has 0 aromatic carbocycles. The lowest BCUT2D eigenvalue weighted by Gasteiger charge is -2.15. The van der Waals surface area contributed by atoms with Gasteiger partial charge in [-0.05, 0) is 37.6 Å². The highest BCUT2D eigenvalue weighted by molar-refractivity contribution is 4.94. The summed E-state index contributed by atoms with van der Waals surface area (Å²) in [7, 11) is 0. The van der Waals surface area contributed by atoms with Gasteiger partial charge < -0.3 is 5.32 Å². The molecule has 0 aromatic heterocycles. The Labute approximate surface area is 89.4 Å². The molecule has 0 radical (unpaired) electrons. The third-order valence-electron chi connectivity index (χ3n) is 3.05. The van der Waals surface area contributed by atoms with E-state index < -0.39 is 12.6 Å². The Morgan fingerprint density at radius 3 is 2.40 bits per heavy atom. The molecule has 1 N–H and O–H groups in total. The van der Waals surface area contributed by atoms with Gasteiger partial charge in [-0.2, -0.15) is 13.2 Å². The zero-order chi connectivity index (χ0) is 11.4. The first-order valence-electron chi connectivity index (χ1n) is 5.75. The van der Waals surface area contributed by atoms with Gasteiger partial charge >= 0.3 is 6.18 Å². The van der Waals surface area contributed by atoms with Crippen LogP contribution in [0.2, 0.25) is 0 Å². The molecule has 0 bridgehead atoms. The lowest BCUT2D eigenvalue weighted by molar-refractivity contribution is -0.135. The number of rotatable bonds is 7. The summed E-state index contributed by atoms with van der Waals surface area (Å²) < 4.78 is 35.5. The summed E-state index contributed by atoms with van der Waals surface area (Å²) in [5, 5.41) is 3.15. The predicted octanol–water partition coefficient (Wildman–Crippen LogP) is 3.50. The lowest BCUT2D eigenvalue weighted by atomic mass is 10.0. The van der Waals surface area contributed by atoms with E-state index in [9.17, 15) is 13.2 Å². The number of hydrogen-bond donors (Lipinski definition) is 1. The van der Waals surface area contributed by atoms with Crippen LogP contribution in [-0.4, -0.2) is 19.3 Å². The van der Waals surface area contributed by atoms with Crippen molar-refractivity contribution in [1.82, 2.24) is 5.32 Å². The average molecular weight is 223 g/mol. The summed E-state index contributed by atoms with van der Waals surface area (Å²) >= 11 is 0. The fourth-order valence-corrected chi connectivity index (χ4v) is 1.99. The maximum Gasteiger partial charge on any atom is 0.389 e. The zero-order valence-electron chi connectivity index (χ0n) is 9.29. The molecule has 1 aliphatic carbocycles. The van der Waals surface area contributed by atoms with Crippen LogP contribution in [0, 0.1) is 5.41 Å². The van der Waals surface area contributed by atoms with E-state index in [4.69, 9.17) is 0 Å². The van der Waals surface area contributed by atoms with Crippen LogP contribution >= 0.6 is 0 Å². The Morgan fingerprint density at radius 2 is 1.93 bits per heavy atom. The zero-order valence-corrected chi connectivity index (χ0v) is 9.29. The van der Waals surface area contributed by atoms with Gasteiger partial charge in [0.15, 0.2) is 0 Å². The van der Waals surface area contributed by atoms with Crippen molar-refractivity contribution in [3.63, 3.8) is 0 Å². The van der Waals surface area contributed by atoms with Crippen LogP contribution in [0.15, 0.2) is 0 Å². The second-order valence-corrected chi connectivity index (χ2v) is 4.65. The highest BCUT2D eigenvalue weighted by Gasteiger charge is 2.40. The van der Waals surface area contributed by atoms with Crippen molar-refractivity contribution in [3.05, 3.63) is 0 Å². The van der Waals surface area contributed by atoms with Crippen LogP contribution in [0.4, 0.5) is 13.2 Å². The first kappa shape index (κ1) is 12.8. The van der Waals surface area contributed by atoms with Crippen molar-refractivity contribution < 1.29 is 13.2 Å². The SMILES string of the molecule is CCCC1(CNCCCC(F)(F)F)CC1. The number of halogens is 3.